The molecular formula is C18H11N5OS. The number of fused-ring (bicyclic) bond motifs is 1. The summed E-state index contributed by atoms with van der Waals surface area (Å²) in [7, 11) is 0. The van der Waals surface area contributed by atoms with E-state index in [1.807, 2.05) is 30.3 Å². The van der Waals surface area contributed by atoms with Crippen LogP contribution in [0.4, 0.5) is 0 Å². The number of ketones is 1. The lowest BCUT2D eigenvalue weighted by molar-refractivity contribution is 0.0979. The Bertz CT molecular complexity index is 1060. The molecule has 0 amide bonds. The lowest BCUT2D eigenvalue weighted by Gasteiger charge is -2.06. The van der Waals surface area contributed by atoms with Crippen LogP contribution in [0.2, 0.25) is 0 Å². The predicted molar refractivity (Wildman–Crippen MR) is 94.1 cm³/mol. The van der Waals surface area contributed by atoms with Crippen molar-refractivity contribution in [1.29, 1.82) is 5.26 Å². The van der Waals surface area contributed by atoms with Crippen molar-refractivity contribution in [2.45, 2.75) is 5.92 Å². The summed E-state index contributed by atoms with van der Waals surface area (Å²) in [4.78, 5) is 21.4. The van der Waals surface area contributed by atoms with Crippen LogP contribution in [-0.4, -0.2) is 25.9 Å². The number of carbonyl (C=O) groups is 1. The molecule has 0 radical (unpaired) electrons. The maximum Gasteiger partial charge on any atom is 0.186 e. The zero-order valence-corrected chi connectivity index (χ0v) is 13.7. The van der Waals surface area contributed by atoms with Gasteiger partial charge in [-0.05, 0) is 18.2 Å². The minimum absolute atomic E-state index is 0.275. The molecule has 7 heteroatoms. The van der Waals surface area contributed by atoms with Gasteiger partial charge in [-0.2, -0.15) is 10.4 Å². The number of para-hydroxylation sites is 1. The van der Waals surface area contributed by atoms with Gasteiger partial charge >= 0.3 is 0 Å². The number of nitriles is 1. The number of carbonyl (C=O) groups excluding carboxylic acids is 1. The number of benzene rings is 2. The molecule has 0 fully saturated rings. The van der Waals surface area contributed by atoms with Crippen molar-refractivity contribution in [3.8, 4) is 17.5 Å². The molecule has 0 aliphatic carbocycles. The average Bonchev–Trinajstić information content (AvgIpc) is 3.32. The summed E-state index contributed by atoms with van der Waals surface area (Å²) in [5.41, 5.74) is 1.98. The van der Waals surface area contributed by atoms with E-state index in [0.717, 1.165) is 15.8 Å². The summed E-state index contributed by atoms with van der Waals surface area (Å²) in [6.45, 7) is 0. The van der Waals surface area contributed by atoms with Crippen molar-refractivity contribution in [3.05, 3.63) is 65.4 Å². The third kappa shape index (κ3) is 2.79. The van der Waals surface area contributed by atoms with Crippen LogP contribution in [0.1, 0.15) is 21.3 Å². The Hall–Kier alpha value is -3.37. The van der Waals surface area contributed by atoms with Crippen molar-refractivity contribution < 1.29 is 4.79 Å². The number of aromatic amines is 1. The summed E-state index contributed by atoms with van der Waals surface area (Å²) in [5.74, 6) is -0.631. The van der Waals surface area contributed by atoms with Crippen molar-refractivity contribution in [2.24, 2.45) is 0 Å². The summed E-state index contributed by atoms with van der Waals surface area (Å²) < 4.78 is 0.959. The van der Waals surface area contributed by atoms with Crippen LogP contribution >= 0.6 is 11.3 Å². The number of thiazole rings is 1. The molecule has 1 unspecified atom stereocenters. The monoisotopic (exact) mass is 345 g/mol. The molecule has 6 nitrogen and oxygen atoms in total. The largest absolute Gasteiger partial charge is 0.292 e. The van der Waals surface area contributed by atoms with E-state index in [-0.39, 0.29) is 5.78 Å². The second kappa shape index (κ2) is 6.26. The van der Waals surface area contributed by atoms with E-state index in [2.05, 4.69) is 26.2 Å². The molecule has 0 saturated carbocycles. The Morgan fingerprint density at radius 2 is 2.08 bits per heavy atom. The van der Waals surface area contributed by atoms with Crippen molar-refractivity contribution in [3.63, 3.8) is 0 Å². The zero-order valence-electron chi connectivity index (χ0n) is 12.9. The minimum atomic E-state index is -0.928. The highest BCUT2D eigenvalue weighted by Gasteiger charge is 2.25. The zero-order chi connectivity index (χ0) is 17.2. The lowest BCUT2D eigenvalue weighted by Crippen LogP contribution is -2.11. The summed E-state index contributed by atoms with van der Waals surface area (Å²) in [6.07, 6.45) is 1.41. The molecule has 1 N–H and O–H groups in total. The third-order valence-electron chi connectivity index (χ3n) is 3.78. The normalized spacial score (nSPS) is 12.0. The Morgan fingerprint density at radius 1 is 1.20 bits per heavy atom. The second-order valence-corrected chi connectivity index (χ2v) is 6.42. The highest BCUT2D eigenvalue weighted by molar-refractivity contribution is 7.18. The molecule has 25 heavy (non-hydrogen) atoms. The van der Waals surface area contributed by atoms with Crippen LogP contribution in [0.3, 0.4) is 0 Å². The smallest absolute Gasteiger partial charge is 0.186 e. The minimum Gasteiger partial charge on any atom is -0.292 e. The first-order valence-electron chi connectivity index (χ1n) is 7.51. The van der Waals surface area contributed by atoms with E-state index in [0.29, 0.717) is 16.4 Å². The molecule has 2 aromatic heterocycles. The molecule has 2 heterocycles. The van der Waals surface area contributed by atoms with Crippen LogP contribution in [0.15, 0.2) is 54.9 Å². The van der Waals surface area contributed by atoms with Crippen LogP contribution in [0.25, 0.3) is 21.6 Å². The Labute approximate surface area is 146 Å². The number of nitrogens with zero attached hydrogens (tertiary/aromatic N) is 4. The molecule has 120 valence electrons. The quantitative estimate of drug-likeness (QED) is 0.570. The fraction of sp³-hybridized carbons (Fsp3) is 0.0556. The molecule has 4 aromatic rings. The maximum atomic E-state index is 12.9. The molecule has 0 bridgehead atoms. The number of aromatic nitrogens is 4. The van der Waals surface area contributed by atoms with Gasteiger partial charge in [0, 0.05) is 11.1 Å². The van der Waals surface area contributed by atoms with Gasteiger partial charge < -0.3 is 0 Å². The maximum absolute atomic E-state index is 12.9. The van der Waals surface area contributed by atoms with Crippen molar-refractivity contribution in [2.75, 3.05) is 0 Å². The van der Waals surface area contributed by atoms with Gasteiger partial charge in [0.25, 0.3) is 0 Å². The molecule has 0 spiro atoms. The number of rotatable bonds is 4. The standard InChI is InChI=1S/C18H11N5OS/c19-9-13(18-22-14-6-1-2-7-15(14)25-18)16(24)11-4-3-5-12(8-11)17-20-10-21-23-17/h1-8,10,13H,(H,20,21,23). The van der Waals surface area contributed by atoms with Crippen LogP contribution < -0.4 is 0 Å². The first kappa shape index (κ1) is 15.2. The van der Waals surface area contributed by atoms with Gasteiger partial charge in [-0.25, -0.2) is 9.97 Å². The number of H-pyrrole nitrogens is 1. The Kier molecular flexibility index (Phi) is 3.80. The van der Waals surface area contributed by atoms with E-state index in [1.165, 1.54) is 17.7 Å². The van der Waals surface area contributed by atoms with Gasteiger partial charge in [-0.3, -0.25) is 9.89 Å². The Balaban J connectivity index is 1.71. The third-order valence-corrected chi connectivity index (χ3v) is 4.89. The van der Waals surface area contributed by atoms with Crippen molar-refractivity contribution in [1.82, 2.24) is 20.2 Å². The first-order valence-corrected chi connectivity index (χ1v) is 8.33. The Morgan fingerprint density at radius 3 is 2.84 bits per heavy atom. The number of Topliss-reactive ketones (excluding diaryl/α,β-unsaturated/α-hetero) is 1. The molecule has 0 aliphatic heterocycles. The highest BCUT2D eigenvalue weighted by atomic mass is 32.1. The van der Waals surface area contributed by atoms with E-state index in [4.69, 9.17) is 0 Å². The highest BCUT2D eigenvalue weighted by Crippen LogP contribution is 2.30. The summed E-state index contributed by atoms with van der Waals surface area (Å²) in [6, 6.07) is 16.7. The fourth-order valence-corrected chi connectivity index (χ4v) is 3.58. The van der Waals surface area contributed by atoms with Crippen LogP contribution in [0, 0.1) is 11.3 Å². The molecule has 0 aliphatic rings. The number of hydrogen-bond acceptors (Lipinski definition) is 6. The second-order valence-electron chi connectivity index (χ2n) is 5.36. The summed E-state index contributed by atoms with van der Waals surface area (Å²) >= 11 is 1.37. The van der Waals surface area contributed by atoms with Crippen LogP contribution in [-0.2, 0) is 0 Å². The predicted octanol–water partition coefficient (Wildman–Crippen LogP) is 3.57. The fourth-order valence-electron chi connectivity index (χ4n) is 2.57. The van der Waals surface area contributed by atoms with Crippen LogP contribution in [0.5, 0.6) is 0 Å². The van der Waals surface area contributed by atoms with E-state index < -0.39 is 5.92 Å². The average molecular weight is 345 g/mol. The van der Waals surface area contributed by atoms with Gasteiger partial charge in [0.05, 0.1) is 16.3 Å². The molecule has 4 rings (SSSR count). The molecule has 0 saturated heterocycles. The van der Waals surface area contributed by atoms with Gasteiger partial charge in [-0.15, -0.1) is 11.3 Å². The van der Waals surface area contributed by atoms with Gasteiger partial charge in [0.1, 0.15) is 11.3 Å². The van der Waals surface area contributed by atoms with E-state index in [1.54, 1.807) is 18.2 Å². The van der Waals surface area contributed by atoms with Gasteiger partial charge in [-0.1, -0.05) is 30.3 Å². The van der Waals surface area contributed by atoms with Gasteiger partial charge in [0.15, 0.2) is 17.5 Å². The first-order chi connectivity index (χ1) is 12.3. The topological polar surface area (TPSA) is 95.3 Å². The van der Waals surface area contributed by atoms with E-state index in [9.17, 15) is 10.1 Å². The number of hydrogen-bond donors (Lipinski definition) is 1. The van der Waals surface area contributed by atoms with Crippen molar-refractivity contribution >= 4 is 27.3 Å². The molecule has 2 aromatic carbocycles. The van der Waals surface area contributed by atoms with Gasteiger partial charge in [0.2, 0.25) is 0 Å². The van der Waals surface area contributed by atoms with E-state index >= 15 is 0 Å². The number of nitrogens with one attached hydrogen (secondary N) is 1. The summed E-state index contributed by atoms with van der Waals surface area (Å²) in [5, 5.41) is 16.6. The lowest BCUT2D eigenvalue weighted by atomic mass is 9.98. The molecular weight excluding hydrogens is 334 g/mol. The SMILES string of the molecule is N#CC(C(=O)c1cccc(-c2ncn[nH]2)c1)c1nc2ccccc2s1. The molecule has 1 atom stereocenters.